The molecule has 4 rings (SSSR count). The molecule has 4 nitrogen and oxygen atoms in total. The lowest BCUT2D eigenvalue weighted by atomic mass is 9.95. The van der Waals surface area contributed by atoms with Gasteiger partial charge in [-0.15, -0.1) is 0 Å². The Kier molecular flexibility index (Phi) is 5.20. The number of rotatable bonds is 5. The van der Waals surface area contributed by atoms with Crippen molar-refractivity contribution in [1.29, 1.82) is 0 Å². The minimum atomic E-state index is -0.649. The first-order valence-corrected chi connectivity index (χ1v) is 9.46. The van der Waals surface area contributed by atoms with Gasteiger partial charge in [0.1, 0.15) is 12.1 Å². The maximum atomic E-state index is 13.4. The van der Waals surface area contributed by atoms with Gasteiger partial charge >= 0.3 is 0 Å². The van der Waals surface area contributed by atoms with Crippen molar-refractivity contribution >= 4 is 11.8 Å². The normalized spacial score (nSPS) is 19.4. The van der Waals surface area contributed by atoms with E-state index in [1.807, 2.05) is 91.0 Å². The first-order valence-electron chi connectivity index (χ1n) is 9.46. The van der Waals surface area contributed by atoms with Crippen LogP contribution in [-0.2, 0) is 22.6 Å². The van der Waals surface area contributed by atoms with E-state index in [1.54, 1.807) is 4.90 Å². The summed E-state index contributed by atoms with van der Waals surface area (Å²) in [5, 5.41) is 2.94. The van der Waals surface area contributed by atoms with Crippen LogP contribution in [0, 0.1) is 0 Å². The SMILES string of the molecule is O=C1NC(c2ccccc2)C(=O)N(Cc2ccccc2)C1Cc1ccccc1. The van der Waals surface area contributed by atoms with Gasteiger partial charge in [0.2, 0.25) is 5.91 Å². The fourth-order valence-corrected chi connectivity index (χ4v) is 3.64. The van der Waals surface area contributed by atoms with Gasteiger partial charge in [-0.1, -0.05) is 91.0 Å². The van der Waals surface area contributed by atoms with Crippen LogP contribution in [0.25, 0.3) is 0 Å². The van der Waals surface area contributed by atoms with Crippen LogP contribution in [0.3, 0.4) is 0 Å². The first kappa shape index (κ1) is 18.0. The van der Waals surface area contributed by atoms with Crippen LogP contribution >= 0.6 is 0 Å². The van der Waals surface area contributed by atoms with Gasteiger partial charge in [-0.05, 0) is 16.7 Å². The Morgan fingerprint density at radius 3 is 1.86 bits per heavy atom. The Bertz CT molecular complexity index is 942. The molecular weight excluding hydrogens is 348 g/mol. The van der Waals surface area contributed by atoms with E-state index in [-0.39, 0.29) is 11.8 Å². The monoisotopic (exact) mass is 370 g/mol. The molecule has 1 N–H and O–H groups in total. The number of hydrogen-bond donors (Lipinski definition) is 1. The van der Waals surface area contributed by atoms with Gasteiger partial charge in [0.15, 0.2) is 0 Å². The largest absolute Gasteiger partial charge is 0.339 e. The third-order valence-electron chi connectivity index (χ3n) is 5.10. The quantitative estimate of drug-likeness (QED) is 0.747. The highest BCUT2D eigenvalue weighted by Crippen LogP contribution is 2.25. The Hall–Kier alpha value is -3.40. The number of benzene rings is 3. The predicted octanol–water partition coefficient (Wildman–Crippen LogP) is 3.50. The molecule has 3 aromatic carbocycles. The molecule has 0 aromatic heterocycles. The zero-order valence-corrected chi connectivity index (χ0v) is 15.5. The zero-order chi connectivity index (χ0) is 19.3. The molecule has 28 heavy (non-hydrogen) atoms. The molecular formula is C24H22N2O2. The average molecular weight is 370 g/mol. The van der Waals surface area contributed by atoms with E-state index in [1.165, 1.54) is 0 Å². The van der Waals surface area contributed by atoms with Crippen LogP contribution < -0.4 is 5.32 Å². The van der Waals surface area contributed by atoms with E-state index in [0.29, 0.717) is 13.0 Å². The second kappa shape index (κ2) is 8.09. The van der Waals surface area contributed by atoms with Crippen LogP contribution in [-0.4, -0.2) is 22.8 Å². The van der Waals surface area contributed by atoms with Crippen molar-refractivity contribution in [1.82, 2.24) is 10.2 Å². The molecule has 3 aromatic rings. The van der Waals surface area contributed by atoms with Crippen molar-refractivity contribution in [3.63, 3.8) is 0 Å². The van der Waals surface area contributed by atoms with Crippen molar-refractivity contribution in [2.75, 3.05) is 0 Å². The second-order valence-electron chi connectivity index (χ2n) is 7.01. The van der Waals surface area contributed by atoms with Crippen LogP contribution in [0.2, 0.25) is 0 Å². The molecule has 1 heterocycles. The van der Waals surface area contributed by atoms with Crippen LogP contribution in [0.1, 0.15) is 22.7 Å². The molecule has 1 saturated heterocycles. The Morgan fingerprint density at radius 2 is 1.25 bits per heavy atom. The molecule has 1 aliphatic heterocycles. The topological polar surface area (TPSA) is 49.4 Å². The molecule has 1 fully saturated rings. The van der Waals surface area contributed by atoms with Crippen molar-refractivity contribution < 1.29 is 9.59 Å². The van der Waals surface area contributed by atoms with Gasteiger partial charge in [0.25, 0.3) is 5.91 Å². The lowest BCUT2D eigenvalue weighted by Gasteiger charge is -2.39. The fraction of sp³-hybridized carbons (Fsp3) is 0.167. The summed E-state index contributed by atoms with van der Waals surface area (Å²) >= 11 is 0. The van der Waals surface area contributed by atoms with E-state index in [2.05, 4.69) is 5.32 Å². The van der Waals surface area contributed by atoms with Gasteiger partial charge < -0.3 is 10.2 Å². The van der Waals surface area contributed by atoms with Gasteiger partial charge in [0.05, 0.1) is 0 Å². The highest BCUT2D eigenvalue weighted by molar-refractivity contribution is 5.97. The summed E-state index contributed by atoms with van der Waals surface area (Å²) in [4.78, 5) is 28.1. The van der Waals surface area contributed by atoms with Gasteiger partial charge in [-0.2, -0.15) is 0 Å². The summed E-state index contributed by atoms with van der Waals surface area (Å²) < 4.78 is 0. The highest BCUT2D eigenvalue weighted by atomic mass is 16.2. The molecule has 0 radical (unpaired) electrons. The smallest absolute Gasteiger partial charge is 0.250 e. The molecule has 2 atom stereocenters. The second-order valence-corrected chi connectivity index (χ2v) is 7.01. The third-order valence-corrected chi connectivity index (χ3v) is 5.10. The number of amides is 2. The molecule has 0 spiro atoms. The molecule has 0 bridgehead atoms. The van der Waals surface area contributed by atoms with Crippen LogP contribution in [0.5, 0.6) is 0 Å². The standard InChI is InChI=1S/C24H22N2O2/c27-23-21(16-18-10-4-1-5-11-18)26(17-19-12-6-2-7-13-19)24(28)22(25-23)20-14-8-3-9-15-20/h1-15,21-22H,16-17H2,(H,25,27). The van der Waals surface area contributed by atoms with Crippen LogP contribution in [0.15, 0.2) is 91.0 Å². The molecule has 0 aliphatic carbocycles. The minimum Gasteiger partial charge on any atom is -0.339 e. The summed E-state index contributed by atoms with van der Waals surface area (Å²) in [6, 6.07) is 27.9. The number of hydrogen-bond acceptors (Lipinski definition) is 2. The van der Waals surface area contributed by atoms with Gasteiger partial charge in [0, 0.05) is 13.0 Å². The van der Waals surface area contributed by atoms with E-state index in [9.17, 15) is 9.59 Å². The lowest BCUT2D eigenvalue weighted by molar-refractivity contribution is -0.150. The van der Waals surface area contributed by atoms with Gasteiger partial charge in [-0.3, -0.25) is 9.59 Å². The number of nitrogens with zero attached hydrogens (tertiary/aromatic N) is 1. The van der Waals surface area contributed by atoms with E-state index in [0.717, 1.165) is 16.7 Å². The predicted molar refractivity (Wildman–Crippen MR) is 108 cm³/mol. The lowest BCUT2D eigenvalue weighted by Crippen LogP contribution is -2.59. The van der Waals surface area contributed by atoms with Crippen molar-refractivity contribution in [3.8, 4) is 0 Å². The highest BCUT2D eigenvalue weighted by Gasteiger charge is 2.41. The van der Waals surface area contributed by atoms with Crippen LogP contribution in [0.4, 0.5) is 0 Å². The minimum absolute atomic E-state index is 0.0735. The average Bonchev–Trinajstić information content (AvgIpc) is 2.75. The zero-order valence-electron chi connectivity index (χ0n) is 15.5. The molecule has 140 valence electrons. The molecule has 1 aliphatic rings. The molecule has 4 heteroatoms. The van der Waals surface area contributed by atoms with Crippen molar-refractivity contribution in [3.05, 3.63) is 108 Å². The molecule has 2 amide bonds. The van der Waals surface area contributed by atoms with Crippen molar-refractivity contribution in [2.24, 2.45) is 0 Å². The Labute approximate surface area is 164 Å². The third kappa shape index (κ3) is 3.81. The summed E-state index contributed by atoms with van der Waals surface area (Å²) in [5.74, 6) is -0.191. The first-order chi connectivity index (χ1) is 13.7. The Balaban J connectivity index is 1.66. The number of carbonyl (C=O) groups is 2. The number of carbonyl (C=O) groups excluding carboxylic acids is 2. The van der Waals surface area contributed by atoms with E-state index < -0.39 is 12.1 Å². The summed E-state index contributed by atoms with van der Waals surface area (Å²) in [5.41, 5.74) is 2.85. The maximum Gasteiger partial charge on any atom is 0.250 e. The molecule has 0 saturated carbocycles. The number of nitrogens with one attached hydrogen (secondary N) is 1. The van der Waals surface area contributed by atoms with Crippen molar-refractivity contribution in [2.45, 2.75) is 25.0 Å². The van der Waals surface area contributed by atoms with E-state index in [4.69, 9.17) is 0 Å². The Morgan fingerprint density at radius 1 is 0.714 bits per heavy atom. The summed E-state index contributed by atoms with van der Waals surface area (Å²) in [6.45, 7) is 0.411. The van der Waals surface area contributed by atoms with E-state index >= 15 is 0 Å². The fourth-order valence-electron chi connectivity index (χ4n) is 3.64. The summed E-state index contributed by atoms with van der Waals surface area (Å²) in [7, 11) is 0. The number of piperazine rings is 1. The molecule has 2 unspecified atom stereocenters. The maximum absolute atomic E-state index is 13.4. The summed E-state index contributed by atoms with van der Waals surface area (Å²) in [6.07, 6.45) is 0.493. The van der Waals surface area contributed by atoms with Gasteiger partial charge in [-0.25, -0.2) is 0 Å².